The van der Waals surface area contributed by atoms with E-state index in [0.29, 0.717) is 0 Å². The number of hydrogen-bond donors (Lipinski definition) is 0. The Hall–Kier alpha value is 1.09. The molecule has 0 aliphatic carbocycles. The van der Waals surface area contributed by atoms with Crippen LogP contribution in [0, 0.1) is 0 Å². The Balaban J connectivity index is 0. The smallest absolute Gasteiger partial charge is 0.246 e. The molecule has 0 bridgehead atoms. The number of pyridine rings is 1. The summed E-state index contributed by atoms with van der Waals surface area (Å²) in [6.07, 6.45) is 1.87. The zero-order valence-corrected chi connectivity index (χ0v) is 10.3. The lowest BCUT2D eigenvalue weighted by atomic mass is 10.5. The number of H-pyrrole nitrogens is 1. The minimum atomic E-state index is 0. The summed E-state index contributed by atoms with van der Waals surface area (Å²) in [7, 11) is 0. The van der Waals surface area contributed by atoms with E-state index in [1.54, 1.807) is 0 Å². The summed E-state index contributed by atoms with van der Waals surface area (Å²) in [6.45, 7) is 0. The van der Waals surface area contributed by atoms with Gasteiger partial charge < -0.3 is 48.0 Å². The molecule has 1 aromatic heterocycles. The van der Waals surface area contributed by atoms with Crippen molar-refractivity contribution in [1.29, 1.82) is 0 Å². The van der Waals surface area contributed by atoms with Crippen molar-refractivity contribution in [1.82, 2.24) is 0 Å². The van der Waals surface area contributed by atoms with Crippen molar-refractivity contribution in [2.24, 2.45) is 0 Å². The third-order valence-corrected chi connectivity index (χ3v) is 1.16. The molecule has 1 N–H and O–H groups in total. The normalized spacial score (nSPS) is 6.78. The zero-order chi connectivity index (χ0) is 5.11. The van der Waals surface area contributed by atoms with Gasteiger partial charge in [-0.05, 0) is 6.07 Å². The highest BCUT2D eigenvalue weighted by atomic mass is 127. The van der Waals surface area contributed by atoms with E-state index >= 15 is 0 Å². The fourth-order valence-electron chi connectivity index (χ4n) is 0.371. The Morgan fingerprint density at radius 2 is 1.89 bits per heavy atom. The maximum Gasteiger partial charge on any atom is 0.246 e. The van der Waals surface area contributed by atoms with Crippen LogP contribution in [-0.4, -0.2) is 0 Å². The van der Waals surface area contributed by atoms with E-state index < -0.39 is 0 Å². The van der Waals surface area contributed by atoms with E-state index in [0.717, 1.165) is 4.60 Å². The van der Waals surface area contributed by atoms with Gasteiger partial charge in [-0.15, -0.1) is 0 Å². The molecule has 0 saturated carbocycles. The van der Waals surface area contributed by atoms with Crippen LogP contribution in [0.5, 0.6) is 0 Å². The highest BCUT2D eigenvalue weighted by Gasteiger charge is 1.84. The van der Waals surface area contributed by atoms with Crippen molar-refractivity contribution in [3.05, 3.63) is 29.0 Å². The summed E-state index contributed by atoms with van der Waals surface area (Å²) in [5, 5.41) is 0. The number of nitrogens with one attached hydrogen (secondary N) is 1. The molecule has 1 heterocycles. The molecule has 1 rings (SSSR count). The summed E-state index contributed by atoms with van der Waals surface area (Å²) >= 11 is 3.26. The van der Waals surface area contributed by atoms with Gasteiger partial charge in [-0.25, -0.2) is 4.98 Å². The Labute approximate surface area is 96.8 Å². The third kappa shape index (κ3) is 5.53. The van der Waals surface area contributed by atoms with E-state index in [2.05, 4.69) is 20.9 Å². The van der Waals surface area contributed by atoms with Gasteiger partial charge in [0.2, 0.25) is 4.60 Å². The molecular formula is C5H5BrI2N-. The van der Waals surface area contributed by atoms with Gasteiger partial charge >= 0.3 is 0 Å². The monoisotopic (exact) mass is 412 g/mol. The molecule has 0 aromatic carbocycles. The molecule has 0 amide bonds. The van der Waals surface area contributed by atoms with Crippen LogP contribution in [0.1, 0.15) is 0 Å². The van der Waals surface area contributed by atoms with Gasteiger partial charge in [0.25, 0.3) is 0 Å². The molecule has 0 fully saturated rings. The second-order valence-corrected chi connectivity index (χ2v) is 2.06. The summed E-state index contributed by atoms with van der Waals surface area (Å²) in [4.78, 5) is 2.95. The predicted octanol–water partition coefficient (Wildman–Crippen LogP) is -4.73. The first-order chi connectivity index (χ1) is 3.39. The maximum absolute atomic E-state index is 3.26. The van der Waals surface area contributed by atoms with E-state index in [9.17, 15) is 0 Å². The van der Waals surface area contributed by atoms with Crippen molar-refractivity contribution >= 4 is 15.9 Å². The lowest BCUT2D eigenvalue weighted by molar-refractivity contribution is -0.392. The van der Waals surface area contributed by atoms with Gasteiger partial charge in [0, 0.05) is 28.1 Å². The molecule has 1 aromatic rings. The largest absolute Gasteiger partial charge is 1.00 e. The van der Waals surface area contributed by atoms with Crippen LogP contribution in [0.3, 0.4) is 0 Å². The lowest BCUT2D eigenvalue weighted by Gasteiger charge is -1.72. The van der Waals surface area contributed by atoms with Crippen molar-refractivity contribution in [3.8, 4) is 0 Å². The van der Waals surface area contributed by atoms with Crippen LogP contribution in [0.4, 0.5) is 0 Å². The first-order valence-corrected chi connectivity index (χ1v) is 2.81. The highest BCUT2D eigenvalue weighted by Crippen LogP contribution is 1.95. The summed E-state index contributed by atoms with van der Waals surface area (Å²) < 4.78 is 1.01. The summed E-state index contributed by atoms with van der Waals surface area (Å²) in [6, 6.07) is 5.84. The van der Waals surface area contributed by atoms with Crippen molar-refractivity contribution in [2.75, 3.05) is 0 Å². The number of aromatic amines is 1. The lowest BCUT2D eigenvalue weighted by Crippen LogP contribution is -3.00. The minimum absolute atomic E-state index is 0. The molecule has 0 spiro atoms. The number of hydrogen-bond acceptors (Lipinski definition) is 0. The van der Waals surface area contributed by atoms with Gasteiger partial charge in [-0.2, -0.15) is 0 Å². The number of rotatable bonds is 0. The van der Waals surface area contributed by atoms with Crippen LogP contribution in [0.15, 0.2) is 29.0 Å². The molecular weight excluding hydrogens is 408 g/mol. The van der Waals surface area contributed by atoms with E-state index in [-0.39, 0.29) is 48.0 Å². The number of halogens is 3. The second kappa shape index (κ2) is 7.20. The SMILES string of the molecule is Brc1cccc[nH+]1.[I-].[I-]. The Morgan fingerprint density at radius 1 is 1.22 bits per heavy atom. The van der Waals surface area contributed by atoms with Crippen LogP contribution >= 0.6 is 15.9 Å². The van der Waals surface area contributed by atoms with Crippen LogP contribution in [0.25, 0.3) is 0 Å². The molecule has 9 heavy (non-hydrogen) atoms. The van der Waals surface area contributed by atoms with Crippen molar-refractivity contribution in [3.63, 3.8) is 0 Å². The maximum atomic E-state index is 3.26. The van der Waals surface area contributed by atoms with Crippen LogP contribution in [-0.2, 0) is 0 Å². The molecule has 0 aliphatic heterocycles. The van der Waals surface area contributed by atoms with Gasteiger partial charge in [0.1, 0.15) is 0 Å². The molecule has 0 aliphatic rings. The van der Waals surface area contributed by atoms with E-state index in [1.165, 1.54) is 0 Å². The number of aromatic nitrogens is 1. The first-order valence-electron chi connectivity index (χ1n) is 2.02. The Kier molecular flexibility index (Phi) is 10.2. The Morgan fingerprint density at radius 3 is 2.11 bits per heavy atom. The average Bonchev–Trinajstić information content (AvgIpc) is 1.69. The second-order valence-electron chi connectivity index (χ2n) is 1.21. The first kappa shape index (κ1) is 12.7. The molecule has 4 heteroatoms. The van der Waals surface area contributed by atoms with Crippen LogP contribution < -0.4 is 52.9 Å². The van der Waals surface area contributed by atoms with Crippen molar-refractivity contribution in [2.45, 2.75) is 0 Å². The predicted molar refractivity (Wildman–Crippen MR) is 30.7 cm³/mol. The third-order valence-electron chi connectivity index (χ3n) is 0.671. The zero-order valence-electron chi connectivity index (χ0n) is 4.44. The van der Waals surface area contributed by atoms with Gasteiger partial charge in [0.05, 0.1) is 0 Å². The van der Waals surface area contributed by atoms with Crippen molar-refractivity contribution < 1.29 is 52.9 Å². The molecule has 0 radical (unpaired) electrons. The quantitative estimate of drug-likeness (QED) is 0.300. The molecule has 1 nitrogen and oxygen atoms in total. The fourth-order valence-corrected chi connectivity index (χ4v) is 0.656. The molecule has 0 unspecified atom stereocenters. The Bertz CT molecular complexity index is 145. The molecule has 52 valence electrons. The topological polar surface area (TPSA) is 14.1 Å². The van der Waals surface area contributed by atoms with Crippen LogP contribution in [0.2, 0.25) is 0 Å². The standard InChI is InChI=1S/C5H4BrN.2HI/c6-5-3-1-2-4-7-5;;/h1-4H;2*1H/p-1. The van der Waals surface area contributed by atoms with Gasteiger partial charge in [-0.1, -0.05) is 0 Å². The summed E-state index contributed by atoms with van der Waals surface area (Å²) in [5.74, 6) is 0. The summed E-state index contributed by atoms with van der Waals surface area (Å²) in [5.41, 5.74) is 0. The fraction of sp³-hybridized carbons (Fsp3) is 0. The van der Waals surface area contributed by atoms with E-state index in [4.69, 9.17) is 0 Å². The molecule has 0 atom stereocenters. The average molecular weight is 413 g/mol. The molecule has 0 saturated heterocycles. The van der Waals surface area contributed by atoms with Gasteiger partial charge in [-0.3, -0.25) is 0 Å². The van der Waals surface area contributed by atoms with Gasteiger partial charge in [0.15, 0.2) is 6.20 Å². The highest BCUT2D eigenvalue weighted by molar-refractivity contribution is 9.10. The minimum Gasteiger partial charge on any atom is -1.00 e. The van der Waals surface area contributed by atoms with E-state index in [1.807, 2.05) is 24.4 Å².